The number of H-pyrrole nitrogens is 1. The first-order chi connectivity index (χ1) is 8.70. The molecule has 1 aromatic heterocycles. The van der Waals surface area contributed by atoms with E-state index in [1.807, 2.05) is 6.07 Å². The fourth-order valence-corrected chi connectivity index (χ4v) is 2.39. The Labute approximate surface area is 106 Å². The van der Waals surface area contributed by atoms with Crippen LogP contribution in [-0.2, 0) is 0 Å². The molecule has 0 radical (unpaired) electrons. The molecule has 3 N–H and O–H groups in total. The van der Waals surface area contributed by atoms with Crippen molar-refractivity contribution in [1.82, 2.24) is 10.3 Å². The van der Waals surface area contributed by atoms with Crippen molar-refractivity contribution in [3.05, 3.63) is 23.5 Å². The van der Waals surface area contributed by atoms with Crippen LogP contribution >= 0.6 is 0 Å². The van der Waals surface area contributed by atoms with Gasteiger partial charge in [-0.2, -0.15) is 5.26 Å². The molecule has 1 unspecified atom stereocenters. The summed E-state index contributed by atoms with van der Waals surface area (Å²) >= 11 is 0. The molecule has 1 aliphatic carbocycles. The number of nitriles is 1. The number of aromatic amines is 1. The first kappa shape index (κ1) is 12.7. The maximum absolute atomic E-state index is 11.7. The Hall–Kier alpha value is -1.80. The number of amides is 1. The first-order valence-electron chi connectivity index (χ1n) is 6.25. The number of aromatic nitrogens is 1. The van der Waals surface area contributed by atoms with Gasteiger partial charge in [-0.1, -0.05) is 12.8 Å². The Bertz CT molecular complexity index is 455. The average Bonchev–Trinajstić information content (AvgIpc) is 3.05. The zero-order valence-electron chi connectivity index (χ0n) is 10.1. The van der Waals surface area contributed by atoms with Gasteiger partial charge in [0.25, 0.3) is 5.91 Å². The lowest BCUT2D eigenvalue weighted by molar-refractivity contribution is 0.0837. The molecule has 0 saturated heterocycles. The number of carbonyl (C=O) groups excluding carboxylic acids is 1. The van der Waals surface area contributed by atoms with Crippen LogP contribution < -0.4 is 5.32 Å². The Kier molecular flexibility index (Phi) is 4.00. The van der Waals surface area contributed by atoms with E-state index in [4.69, 9.17) is 5.26 Å². The molecular formula is C13H17N3O2. The summed E-state index contributed by atoms with van der Waals surface area (Å²) in [7, 11) is 0. The summed E-state index contributed by atoms with van der Waals surface area (Å²) in [6, 6.07) is 3.45. The number of hydrogen-bond donors (Lipinski definition) is 3. The Morgan fingerprint density at radius 1 is 1.61 bits per heavy atom. The van der Waals surface area contributed by atoms with Gasteiger partial charge in [-0.15, -0.1) is 0 Å². The molecule has 1 atom stereocenters. The van der Waals surface area contributed by atoms with Crippen molar-refractivity contribution in [2.24, 2.45) is 5.92 Å². The average molecular weight is 247 g/mol. The predicted molar refractivity (Wildman–Crippen MR) is 65.8 cm³/mol. The molecular weight excluding hydrogens is 230 g/mol. The molecule has 1 saturated carbocycles. The number of aliphatic hydroxyl groups excluding tert-OH is 1. The van der Waals surface area contributed by atoms with Crippen LogP contribution in [0.1, 0.15) is 41.7 Å². The smallest absolute Gasteiger partial charge is 0.267 e. The monoisotopic (exact) mass is 247 g/mol. The van der Waals surface area contributed by atoms with Crippen LogP contribution in [0.25, 0.3) is 0 Å². The van der Waals surface area contributed by atoms with Gasteiger partial charge in [0.1, 0.15) is 11.8 Å². The van der Waals surface area contributed by atoms with E-state index in [9.17, 15) is 9.90 Å². The van der Waals surface area contributed by atoms with Crippen LogP contribution in [-0.4, -0.2) is 28.6 Å². The van der Waals surface area contributed by atoms with Crippen LogP contribution in [0.3, 0.4) is 0 Å². The van der Waals surface area contributed by atoms with E-state index in [0.29, 0.717) is 17.2 Å². The van der Waals surface area contributed by atoms with Gasteiger partial charge in [0, 0.05) is 12.7 Å². The van der Waals surface area contributed by atoms with Crippen LogP contribution in [0.2, 0.25) is 0 Å². The van der Waals surface area contributed by atoms with E-state index >= 15 is 0 Å². The van der Waals surface area contributed by atoms with Crippen LogP contribution in [0, 0.1) is 17.2 Å². The van der Waals surface area contributed by atoms with Gasteiger partial charge >= 0.3 is 0 Å². The van der Waals surface area contributed by atoms with Crippen molar-refractivity contribution in [1.29, 1.82) is 5.26 Å². The third-order valence-corrected chi connectivity index (χ3v) is 3.47. The molecule has 1 aromatic rings. The molecule has 1 fully saturated rings. The second kappa shape index (κ2) is 5.69. The molecule has 2 rings (SSSR count). The van der Waals surface area contributed by atoms with Crippen LogP contribution in [0.5, 0.6) is 0 Å². The first-order valence-corrected chi connectivity index (χ1v) is 6.25. The lowest BCUT2D eigenvalue weighted by Gasteiger charge is -2.17. The highest BCUT2D eigenvalue weighted by Gasteiger charge is 2.23. The van der Waals surface area contributed by atoms with Gasteiger partial charge in [0.05, 0.1) is 11.7 Å². The number of nitrogens with zero attached hydrogens (tertiary/aromatic N) is 1. The molecule has 18 heavy (non-hydrogen) atoms. The van der Waals surface area contributed by atoms with E-state index in [1.54, 1.807) is 0 Å². The van der Waals surface area contributed by atoms with Crippen molar-refractivity contribution in [2.75, 3.05) is 6.54 Å². The summed E-state index contributed by atoms with van der Waals surface area (Å²) in [5.41, 5.74) is 0.779. The summed E-state index contributed by atoms with van der Waals surface area (Å²) in [5.74, 6) is 0.0251. The zero-order chi connectivity index (χ0) is 13.0. The molecule has 0 aromatic carbocycles. The fourth-order valence-electron chi connectivity index (χ4n) is 2.39. The lowest BCUT2D eigenvalue weighted by atomic mass is 10.0. The van der Waals surface area contributed by atoms with Crippen molar-refractivity contribution >= 4 is 5.91 Å². The third-order valence-electron chi connectivity index (χ3n) is 3.47. The van der Waals surface area contributed by atoms with E-state index in [0.717, 1.165) is 25.7 Å². The molecule has 1 aliphatic rings. The van der Waals surface area contributed by atoms with Crippen molar-refractivity contribution in [2.45, 2.75) is 31.8 Å². The van der Waals surface area contributed by atoms with E-state index in [-0.39, 0.29) is 12.5 Å². The number of hydrogen-bond acceptors (Lipinski definition) is 3. The normalized spacial score (nSPS) is 17.3. The Morgan fingerprint density at radius 3 is 2.94 bits per heavy atom. The van der Waals surface area contributed by atoms with Crippen LogP contribution in [0.15, 0.2) is 12.3 Å². The van der Waals surface area contributed by atoms with Crippen LogP contribution in [0.4, 0.5) is 0 Å². The summed E-state index contributed by atoms with van der Waals surface area (Å²) in [6.07, 6.45) is 5.43. The minimum atomic E-state index is -0.471. The quantitative estimate of drug-likeness (QED) is 0.746. The zero-order valence-corrected chi connectivity index (χ0v) is 10.1. The summed E-state index contributed by atoms with van der Waals surface area (Å²) in [5, 5.41) is 21.3. The highest BCUT2D eigenvalue weighted by atomic mass is 16.3. The van der Waals surface area contributed by atoms with Gasteiger partial charge in [0.2, 0.25) is 0 Å². The van der Waals surface area contributed by atoms with E-state index < -0.39 is 6.10 Å². The summed E-state index contributed by atoms with van der Waals surface area (Å²) < 4.78 is 0. The largest absolute Gasteiger partial charge is 0.391 e. The molecule has 96 valence electrons. The Morgan fingerprint density at radius 2 is 2.33 bits per heavy atom. The maximum Gasteiger partial charge on any atom is 0.267 e. The van der Waals surface area contributed by atoms with Gasteiger partial charge in [-0.25, -0.2) is 0 Å². The number of carbonyl (C=O) groups is 1. The highest BCUT2D eigenvalue weighted by molar-refractivity contribution is 5.92. The van der Waals surface area contributed by atoms with Gasteiger partial charge in [-0.05, 0) is 24.8 Å². The number of rotatable bonds is 4. The second-order valence-electron chi connectivity index (χ2n) is 4.74. The highest BCUT2D eigenvalue weighted by Crippen LogP contribution is 2.27. The lowest BCUT2D eigenvalue weighted by Crippen LogP contribution is -2.35. The molecule has 0 spiro atoms. The third kappa shape index (κ3) is 2.90. The fraction of sp³-hybridized carbons (Fsp3) is 0.538. The van der Waals surface area contributed by atoms with Crippen molar-refractivity contribution in [3.63, 3.8) is 0 Å². The SMILES string of the molecule is N#Cc1c[nH]c(C(=O)NCC(O)C2CCCC2)c1. The summed E-state index contributed by atoms with van der Waals surface area (Å²) in [6.45, 7) is 0.268. The predicted octanol–water partition coefficient (Wildman–Crippen LogP) is 1.17. The molecule has 1 heterocycles. The second-order valence-corrected chi connectivity index (χ2v) is 4.74. The van der Waals surface area contributed by atoms with Crippen molar-refractivity contribution in [3.8, 4) is 6.07 Å². The van der Waals surface area contributed by atoms with Gasteiger partial charge in [-0.3, -0.25) is 4.79 Å². The number of nitrogens with one attached hydrogen (secondary N) is 2. The molecule has 1 amide bonds. The maximum atomic E-state index is 11.7. The minimum Gasteiger partial charge on any atom is -0.391 e. The van der Waals surface area contributed by atoms with E-state index in [1.165, 1.54) is 12.3 Å². The van der Waals surface area contributed by atoms with Crippen molar-refractivity contribution < 1.29 is 9.90 Å². The standard InChI is InChI=1S/C13H17N3O2/c14-6-9-5-11(15-7-9)13(18)16-8-12(17)10-3-1-2-4-10/h5,7,10,12,15,17H,1-4,8H2,(H,16,18). The molecule has 0 bridgehead atoms. The van der Waals surface area contributed by atoms with Gasteiger partial charge in [0.15, 0.2) is 0 Å². The minimum absolute atomic E-state index is 0.268. The molecule has 5 nitrogen and oxygen atoms in total. The molecule has 5 heteroatoms. The topological polar surface area (TPSA) is 88.9 Å². The number of aliphatic hydroxyl groups is 1. The molecule has 0 aliphatic heterocycles. The Balaban J connectivity index is 1.82. The summed E-state index contributed by atoms with van der Waals surface area (Å²) in [4.78, 5) is 14.5. The van der Waals surface area contributed by atoms with E-state index in [2.05, 4.69) is 10.3 Å². The van der Waals surface area contributed by atoms with Gasteiger partial charge < -0.3 is 15.4 Å².